The van der Waals surface area contributed by atoms with E-state index in [4.69, 9.17) is 38.3 Å². The molecule has 0 fully saturated rings. The molecule has 0 aromatic rings. The van der Waals surface area contributed by atoms with Gasteiger partial charge in [-0.15, -0.1) is 0 Å². The van der Waals surface area contributed by atoms with E-state index in [1.807, 2.05) is 0 Å². The van der Waals surface area contributed by atoms with Gasteiger partial charge in [0, 0.05) is 26.2 Å². The summed E-state index contributed by atoms with van der Waals surface area (Å²) in [6.45, 7) is 10.3. The van der Waals surface area contributed by atoms with Crippen LogP contribution in [-0.4, -0.2) is 116 Å². The molecule has 0 atom stereocenters. The van der Waals surface area contributed by atoms with Gasteiger partial charge in [0.25, 0.3) is 0 Å². The van der Waals surface area contributed by atoms with E-state index >= 15 is 0 Å². The second kappa shape index (κ2) is 33.9. The smallest absolute Gasteiger partial charge is 0.303 e. The Bertz CT molecular complexity index is 539. The number of carboxylic acids is 1. The molecule has 0 rings (SSSR count). The van der Waals surface area contributed by atoms with Crippen LogP contribution in [0.15, 0.2) is 0 Å². The van der Waals surface area contributed by atoms with Gasteiger partial charge in [-0.05, 0) is 12.8 Å². The number of hydrogen-bond acceptors (Lipinski definition) is 9. The van der Waals surface area contributed by atoms with Gasteiger partial charge in [0.15, 0.2) is 0 Å². The van der Waals surface area contributed by atoms with Gasteiger partial charge in [-0.1, -0.05) is 51.9 Å². The number of unbranched alkanes of at least 4 members (excludes halogenated alkanes) is 7. The highest BCUT2D eigenvalue weighted by atomic mass is 16.6. The SMILES string of the molecule is CCCCCCCCCCOCCOCCOCCOCCOCCOCCOCCCNC(=O)CCC(=O)O. The summed E-state index contributed by atoms with van der Waals surface area (Å²) in [5.41, 5.74) is 0. The van der Waals surface area contributed by atoms with E-state index in [2.05, 4.69) is 12.2 Å². The van der Waals surface area contributed by atoms with Crippen molar-refractivity contribution in [3.8, 4) is 0 Å². The first-order valence-electron chi connectivity index (χ1n) is 15.2. The molecular formula is C29H57NO10. The zero-order valence-electron chi connectivity index (χ0n) is 25.0. The van der Waals surface area contributed by atoms with Crippen molar-refractivity contribution in [3.05, 3.63) is 0 Å². The molecule has 0 heterocycles. The second-order valence-corrected chi connectivity index (χ2v) is 9.36. The Balaban J connectivity index is 3.07. The van der Waals surface area contributed by atoms with Gasteiger partial charge in [-0.2, -0.15) is 0 Å². The summed E-state index contributed by atoms with van der Waals surface area (Å²) in [6, 6.07) is 0. The highest BCUT2D eigenvalue weighted by Gasteiger charge is 2.04. The van der Waals surface area contributed by atoms with Crippen molar-refractivity contribution in [1.82, 2.24) is 5.32 Å². The predicted octanol–water partition coefficient (Wildman–Crippen LogP) is 3.61. The fourth-order valence-corrected chi connectivity index (χ4v) is 3.47. The molecule has 0 aromatic heterocycles. The number of aliphatic carboxylic acids is 1. The van der Waals surface area contributed by atoms with Gasteiger partial charge in [0.1, 0.15) is 0 Å². The third kappa shape index (κ3) is 34.7. The van der Waals surface area contributed by atoms with Crippen LogP contribution in [0.5, 0.6) is 0 Å². The Hall–Kier alpha value is -1.34. The predicted molar refractivity (Wildman–Crippen MR) is 153 cm³/mol. The maximum Gasteiger partial charge on any atom is 0.303 e. The Morgan fingerprint density at radius 1 is 0.475 bits per heavy atom. The van der Waals surface area contributed by atoms with Crippen molar-refractivity contribution in [3.63, 3.8) is 0 Å². The van der Waals surface area contributed by atoms with Gasteiger partial charge in [0.2, 0.25) is 5.91 Å². The summed E-state index contributed by atoms with van der Waals surface area (Å²) in [6.07, 6.45) is 11.0. The Labute approximate surface area is 241 Å². The lowest BCUT2D eigenvalue weighted by Crippen LogP contribution is -2.25. The van der Waals surface area contributed by atoms with Gasteiger partial charge >= 0.3 is 5.97 Å². The molecule has 11 nitrogen and oxygen atoms in total. The van der Waals surface area contributed by atoms with Crippen molar-refractivity contribution in [1.29, 1.82) is 0 Å². The maximum atomic E-state index is 11.3. The lowest BCUT2D eigenvalue weighted by molar-refractivity contribution is -0.138. The first kappa shape index (κ1) is 38.7. The summed E-state index contributed by atoms with van der Waals surface area (Å²) >= 11 is 0. The van der Waals surface area contributed by atoms with Crippen LogP contribution in [-0.2, 0) is 42.7 Å². The van der Waals surface area contributed by atoms with E-state index in [0.717, 1.165) is 13.0 Å². The van der Waals surface area contributed by atoms with Crippen molar-refractivity contribution >= 4 is 11.9 Å². The zero-order valence-corrected chi connectivity index (χ0v) is 25.0. The topological polar surface area (TPSA) is 131 Å². The number of ether oxygens (including phenoxy) is 7. The molecule has 0 aliphatic heterocycles. The summed E-state index contributed by atoms with van der Waals surface area (Å²) in [7, 11) is 0. The molecule has 11 heteroatoms. The summed E-state index contributed by atoms with van der Waals surface area (Å²) < 4.78 is 38.3. The molecule has 0 bridgehead atoms. The number of nitrogens with one attached hydrogen (secondary N) is 1. The van der Waals surface area contributed by atoms with Crippen LogP contribution in [0.4, 0.5) is 0 Å². The highest BCUT2D eigenvalue weighted by molar-refractivity contribution is 5.80. The Morgan fingerprint density at radius 3 is 1.23 bits per heavy atom. The van der Waals surface area contributed by atoms with E-state index in [9.17, 15) is 9.59 Å². The summed E-state index contributed by atoms with van der Waals surface area (Å²) in [5, 5.41) is 11.2. The fourth-order valence-electron chi connectivity index (χ4n) is 3.47. The molecule has 2 N–H and O–H groups in total. The Kier molecular flexibility index (Phi) is 32.7. The quantitative estimate of drug-likeness (QED) is 0.109. The molecular weight excluding hydrogens is 522 g/mol. The monoisotopic (exact) mass is 579 g/mol. The number of carbonyl (C=O) groups is 2. The average molecular weight is 580 g/mol. The van der Waals surface area contributed by atoms with Gasteiger partial charge in [0.05, 0.1) is 85.7 Å². The van der Waals surface area contributed by atoms with Crippen LogP contribution < -0.4 is 5.32 Å². The lowest BCUT2D eigenvalue weighted by Gasteiger charge is -2.09. The van der Waals surface area contributed by atoms with E-state index < -0.39 is 5.97 Å². The van der Waals surface area contributed by atoms with Gasteiger partial charge < -0.3 is 43.6 Å². The normalized spacial score (nSPS) is 11.2. The van der Waals surface area contributed by atoms with Crippen LogP contribution in [0.25, 0.3) is 0 Å². The molecule has 40 heavy (non-hydrogen) atoms. The minimum absolute atomic E-state index is 0.00115. The first-order chi connectivity index (χ1) is 19.7. The number of carbonyl (C=O) groups excluding carboxylic acids is 1. The number of amides is 1. The molecule has 0 aliphatic carbocycles. The molecule has 0 radical (unpaired) electrons. The third-order valence-corrected chi connectivity index (χ3v) is 5.73. The van der Waals surface area contributed by atoms with Crippen LogP contribution in [0.2, 0.25) is 0 Å². The highest BCUT2D eigenvalue weighted by Crippen LogP contribution is 2.08. The largest absolute Gasteiger partial charge is 0.481 e. The lowest BCUT2D eigenvalue weighted by atomic mass is 10.1. The third-order valence-electron chi connectivity index (χ3n) is 5.73. The minimum Gasteiger partial charge on any atom is -0.481 e. The van der Waals surface area contributed by atoms with Gasteiger partial charge in [-0.25, -0.2) is 0 Å². The van der Waals surface area contributed by atoms with Crippen LogP contribution >= 0.6 is 0 Å². The molecule has 1 amide bonds. The van der Waals surface area contributed by atoms with Crippen molar-refractivity contribution in [2.45, 2.75) is 77.6 Å². The van der Waals surface area contributed by atoms with E-state index in [0.29, 0.717) is 98.9 Å². The number of carboxylic acid groups (broad SMARTS) is 1. The molecule has 0 spiro atoms. The fraction of sp³-hybridized carbons (Fsp3) is 0.931. The summed E-state index contributed by atoms with van der Waals surface area (Å²) in [4.78, 5) is 21.7. The minimum atomic E-state index is -0.975. The summed E-state index contributed by atoms with van der Waals surface area (Å²) in [5.74, 6) is -1.23. The first-order valence-corrected chi connectivity index (χ1v) is 15.2. The van der Waals surface area contributed by atoms with E-state index in [-0.39, 0.29) is 18.7 Å². The van der Waals surface area contributed by atoms with Crippen LogP contribution in [0.1, 0.15) is 77.6 Å². The van der Waals surface area contributed by atoms with Crippen molar-refractivity contribution in [2.24, 2.45) is 0 Å². The van der Waals surface area contributed by atoms with E-state index in [1.165, 1.54) is 44.9 Å². The van der Waals surface area contributed by atoms with E-state index in [1.54, 1.807) is 0 Å². The van der Waals surface area contributed by atoms with Crippen molar-refractivity contribution < 1.29 is 47.9 Å². The molecule has 0 saturated heterocycles. The molecule has 0 aromatic carbocycles. The maximum absolute atomic E-state index is 11.3. The standard InChI is InChI=1S/C29H57NO10/c1-2-3-4-5-6-7-8-9-14-34-16-18-36-20-22-38-24-26-40-27-25-39-23-21-37-19-17-35-15-10-13-30-28(31)11-12-29(32)33/h2-27H2,1H3,(H,30,31)(H,32,33). The Morgan fingerprint density at radius 2 is 0.825 bits per heavy atom. The van der Waals surface area contributed by atoms with Crippen molar-refractivity contribution in [2.75, 3.05) is 99.0 Å². The number of hydrogen-bond donors (Lipinski definition) is 2. The molecule has 0 unspecified atom stereocenters. The van der Waals surface area contributed by atoms with Crippen LogP contribution in [0, 0.1) is 0 Å². The number of rotatable bonds is 34. The molecule has 0 saturated carbocycles. The zero-order chi connectivity index (χ0) is 29.2. The van der Waals surface area contributed by atoms with Crippen LogP contribution in [0.3, 0.4) is 0 Å². The molecule has 0 aliphatic rings. The van der Waals surface area contributed by atoms with Gasteiger partial charge in [-0.3, -0.25) is 9.59 Å². The average Bonchev–Trinajstić information content (AvgIpc) is 2.94. The molecule has 238 valence electrons. The second-order valence-electron chi connectivity index (χ2n) is 9.36.